The molecule has 3 aliphatic rings. The Morgan fingerprint density at radius 3 is 2.15 bits per heavy atom. The van der Waals surface area contributed by atoms with Crippen LogP contribution in [0, 0.1) is 23.7 Å². The molecule has 0 aliphatic heterocycles. The van der Waals surface area contributed by atoms with Crippen LogP contribution in [0.4, 0.5) is 0 Å². The Bertz CT molecular complexity index is 423. The van der Waals surface area contributed by atoms with Crippen molar-refractivity contribution in [1.82, 2.24) is 5.32 Å². The van der Waals surface area contributed by atoms with Gasteiger partial charge in [-0.1, -0.05) is 37.8 Å². The van der Waals surface area contributed by atoms with Gasteiger partial charge in [0, 0.05) is 17.9 Å². The number of aliphatic carboxylic acids is 1. The van der Waals surface area contributed by atoms with Crippen molar-refractivity contribution >= 4 is 11.9 Å². The lowest BCUT2D eigenvalue weighted by Gasteiger charge is -2.29. The molecule has 0 spiro atoms. The second kappa shape index (κ2) is 5.58. The first-order valence-corrected chi connectivity index (χ1v) is 7.86. The summed E-state index contributed by atoms with van der Waals surface area (Å²) in [6.45, 7) is 0. The van der Waals surface area contributed by atoms with Gasteiger partial charge in [-0.2, -0.15) is 0 Å². The molecule has 1 N–H and O–H groups in total. The summed E-state index contributed by atoms with van der Waals surface area (Å²) in [5.41, 5.74) is 0. The normalized spacial score (nSPS) is 36.8. The van der Waals surface area contributed by atoms with Crippen LogP contribution in [0.1, 0.15) is 44.9 Å². The molecule has 4 heteroatoms. The second-order valence-corrected chi connectivity index (χ2v) is 6.52. The van der Waals surface area contributed by atoms with Gasteiger partial charge in [-0.05, 0) is 31.1 Å². The van der Waals surface area contributed by atoms with E-state index in [1.54, 1.807) is 0 Å². The van der Waals surface area contributed by atoms with Crippen LogP contribution in [0.3, 0.4) is 0 Å². The third-order valence-electron chi connectivity index (χ3n) is 5.24. The summed E-state index contributed by atoms with van der Waals surface area (Å²) in [6.07, 6.45) is 11.6. The van der Waals surface area contributed by atoms with Crippen molar-refractivity contribution in [2.24, 2.45) is 23.7 Å². The number of amides is 1. The lowest BCUT2D eigenvalue weighted by atomic mass is 9.82. The fraction of sp³-hybridized carbons (Fsp3) is 0.750. The van der Waals surface area contributed by atoms with Crippen molar-refractivity contribution in [3.63, 3.8) is 0 Å². The van der Waals surface area contributed by atoms with Crippen molar-refractivity contribution in [1.29, 1.82) is 0 Å². The smallest absolute Gasteiger partial charge is 0.224 e. The molecule has 0 radical (unpaired) electrons. The summed E-state index contributed by atoms with van der Waals surface area (Å²) in [4.78, 5) is 23.8. The highest BCUT2D eigenvalue weighted by Gasteiger charge is 2.48. The number of rotatable bonds is 3. The molecule has 4 nitrogen and oxygen atoms in total. The van der Waals surface area contributed by atoms with Crippen LogP contribution < -0.4 is 10.4 Å². The lowest BCUT2D eigenvalue weighted by molar-refractivity contribution is -0.313. The number of nitrogens with one attached hydrogen (secondary N) is 1. The van der Waals surface area contributed by atoms with Gasteiger partial charge >= 0.3 is 0 Å². The van der Waals surface area contributed by atoms with E-state index in [1.165, 1.54) is 12.8 Å². The Morgan fingerprint density at radius 1 is 0.950 bits per heavy atom. The van der Waals surface area contributed by atoms with E-state index in [0.29, 0.717) is 0 Å². The molecule has 0 unspecified atom stereocenters. The molecule has 3 rings (SSSR count). The Labute approximate surface area is 119 Å². The number of allylic oxidation sites excluding steroid dienone is 2. The molecule has 0 saturated heterocycles. The van der Waals surface area contributed by atoms with Crippen molar-refractivity contribution in [2.75, 3.05) is 0 Å². The minimum atomic E-state index is -1.07. The zero-order chi connectivity index (χ0) is 14.1. The van der Waals surface area contributed by atoms with Gasteiger partial charge in [0.05, 0.1) is 5.92 Å². The van der Waals surface area contributed by atoms with E-state index in [1.807, 2.05) is 12.2 Å². The summed E-state index contributed by atoms with van der Waals surface area (Å²) in [6, 6.07) is 0.232. The van der Waals surface area contributed by atoms with Gasteiger partial charge in [0.15, 0.2) is 0 Å². The van der Waals surface area contributed by atoms with E-state index in [4.69, 9.17) is 0 Å². The molecule has 0 aromatic heterocycles. The molecule has 4 atom stereocenters. The second-order valence-electron chi connectivity index (χ2n) is 6.52. The Balaban J connectivity index is 1.66. The quantitative estimate of drug-likeness (QED) is 0.618. The number of hydrogen-bond acceptors (Lipinski definition) is 3. The van der Waals surface area contributed by atoms with Crippen LogP contribution in [0.25, 0.3) is 0 Å². The number of fused-ring (bicyclic) bond motifs is 2. The number of carboxylic acids is 1. The highest BCUT2D eigenvalue weighted by atomic mass is 16.4. The molecular weight excluding hydrogens is 254 g/mol. The lowest BCUT2D eigenvalue weighted by Crippen LogP contribution is -2.47. The van der Waals surface area contributed by atoms with Gasteiger partial charge in [0.25, 0.3) is 0 Å². The fourth-order valence-electron chi connectivity index (χ4n) is 4.22. The van der Waals surface area contributed by atoms with Gasteiger partial charge in [0.1, 0.15) is 0 Å². The van der Waals surface area contributed by atoms with Crippen LogP contribution >= 0.6 is 0 Å². The minimum absolute atomic E-state index is 0.00474. The maximum atomic E-state index is 12.5. The van der Waals surface area contributed by atoms with Gasteiger partial charge in [-0.15, -0.1) is 0 Å². The minimum Gasteiger partial charge on any atom is -0.550 e. The van der Waals surface area contributed by atoms with Crippen LogP contribution in [0.15, 0.2) is 12.2 Å². The number of carboxylic acid groups (broad SMARTS) is 1. The Morgan fingerprint density at radius 2 is 1.55 bits per heavy atom. The average Bonchev–Trinajstić information content (AvgIpc) is 2.93. The van der Waals surface area contributed by atoms with Crippen LogP contribution in [0.2, 0.25) is 0 Å². The number of carbonyl (C=O) groups is 2. The monoisotopic (exact) mass is 276 g/mol. The molecule has 2 saturated carbocycles. The first-order chi connectivity index (χ1) is 9.66. The Hall–Kier alpha value is -1.32. The van der Waals surface area contributed by atoms with Gasteiger partial charge in [-0.3, -0.25) is 4.79 Å². The standard InChI is InChI=1S/C16H23NO3/c18-15(17-12-5-3-1-2-4-6-12)13-10-7-8-11(9-10)14(13)16(19)20/h7-8,10-14H,1-6,9H2,(H,17,18)(H,19,20)/p-1/t10-,11-,13+,14-/m0/s1. The van der Waals surface area contributed by atoms with E-state index in [2.05, 4.69) is 5.32 Å². The van der Waals surface area contributed by atoms with Gasteiger partial charge in [-0.25, -0.2) is 0 Å². The van der Waals surface area contributed by atoms with E-state index < -0.39 is 17.8 Å². The summed E-state index contributed by atoms with van der Waals surface area (Å²) < 4.78 is 0. The Kier molecular flexibility index (Phi) is 3.81. The predicted octanol–water partition coefficient (Wildman–Crippen LogP) is 1.01. The maximum absolute atomic E-state index is 12.5. The predicted molar refractivity (Wildman–Crippen MR) is 72.4 cm³/mol. The van der Waals surface area contributed by atoms with Crippen molar-refractivity contribution in [3.8, 4) is 0 Å². The van der Waals surface area contributed by atoms with E-state index >= 15 is 0 Å². The van der Waals surface area contributed by atoms with Crippen LogP contribution in [-0.2, 0) is 9.59 Å². The molecule has 0 aromatic carbocycles. The molecule has 1 amide bonds. The third-order valence-corrected chi connectivity index (χ3v) is 5.24. The molecule has 2 fully saturated rings. The number of hydrogen-bond donors (Lipinski definition) is 1. The van der Waals surface area contributed by atoms with Gasteiger partial charge < -0.3 is 15.2 Å². The molecule has 0 heterocycles. The van der Waals surface area contributed by atoms with Crippen molar-refractivity contribution in [3.05, 3.63) is 12.2 Å². The molecule has 2 bridgehead atoms. The molecule has 110 valence electrons. The SMILES string of the molecule is O=C([O-])[C@@H]1[C@H](C(=O)NC2CCCCCC2)[C@H]2C=C[C@H]1C2. The van der Waals surface area contributed by atoms with E-state index in [9.17, 15) is 14.7 Å². The summed E-state index contributed by atoms with van der Waals surface area (Å²) in [5.74, 6) is -2.09. The van der Waals surface area contributed by atoms with E-state index in [0.717, 1.165) is 32.1 Å². The maximum Gasteiger partial charge on any atom is 0.224 e. The molecule has 3 aliphatic carbocycles. The highest BCUT2D eigenvalue weighted by Crippen LogP contribution is 2.47. The van der Waals surface area contributed by atoms with Crippen molar-refractivity contribution in [2.45, 2.75) is 51.0 Å². The van der Waals surface area contributed by atoms with Crippen LogP contribution in [-0.4, -0.2) is 17.9 Å². The fourth-order valence-corrected chi connectivity index (χ4v) is 4.22. The number of carbonyl (C=O) groups excluding carboxylic acids is 2. The summed E-state index contributed by atoms with van der Waals surface area (Å²) in [5, 5.41) is 14.4. The van der Waals surface area contributed by atoms with Gasteiger partial charge in [0.2, 0.25) is 5.91 Å². The first-order valence-electron chi connectivity index (χ1n) is 7.86. The third kappa shape index (κ3) is 2.48. The molecule has 20 heavy (non-hydrogen) atoms. The molecule has 0 aromatic rings. The van der Waals surface area contributed by atoms with E-state index in [-0.39, 0.29) is 23.8 Å². The average molecular weight is 276 g/mol. The van der Waals surface area contributed by atoms with Crippen molar-refractivity contribution < 1.29 is 14.7 Å². The molecular formula is C16H22NO3-. The zero-order valence-corrected chi connectivity index (χ0v) is 11.7. The largest absolute Gasteiger partial charge is 0.550 e. The summed E-state index contributed by atoms with van der Waals surface area (Å²) in [7, 11) is 0. The zero-order valence-electron chi connectivity index (χ0n) is 11.7. The summed E-state index contributed by atoms with van der Waals surface area (Å²) >= 11 is 0. The first kappa shape index (κ1) is 13.7. The highest BCUT2D eigenvalue weighted by molar-refractivity contribution is 5.86. The topological polar surface area (TPSA) is 69.2 Å². The van der Waals surface area contributed by atoms with Crippen LogP contribution in [0.5, 0.6) is 0 Å².